The zero-order chi connectivity index (χ0) is 21.4. The maximum atomic E-state index is 13.0. The fourth-order valence-electron chi connectivity index (χ4n) is 3.16. The van der Waals surface area contributed by atoms with Gasteiger partial charge in [0.1, 0.15) is 10.9 Å². The van der Waals surface area contributed by atoms with Crippen molar-refractivity contribution in [3.63, 3.8) is 0 Å². The molecule has 3 aromatic rings. The summed E-state index contributed by atoms with van der Waals surface area (Å²) in [5, 5.41) is 12.6. The number of ether oxygens (including phenoxy) is 1. The standard InChI is InChI=1S/C20H16N2O6S2/c1-3-27-19(26)17-10(2)21-20(30-17)22-14(12-7-5-9-29-12)13(16(24)18(22)25)15(23)11-6-4-8-28-11/h4-9,14,24H,3H2,1-2H3/t14-/m1/s1. The largest absolute Gasteiger partial charge is 0.503 e. The highest BCUT2D eigenvalue weighted by Crippen LogP contribution is 2.44. The molecule has 1 aliphatic heterocycles. The van der Waals surface area contributed by atoms with Gasteiger partial charge in [0, 0.05) is 4.88 Å². The summed E-state index contributed by atoms with van der Waals surface area (Å²) in [5.74, 6) is -2.56. The molecule has 0 bridgehead atoms. The number of hydrogen-bond donors (Lipinski definition) is 1. The highest BCUT2D eigenvalue weighted by Gasteiger charge is 2.47. The lowest BCUT2D eigenvalue weighted by Gasteiger charge is -2.22. The average Bonchev–Trinajstić information content (AvgIpc) is 3.50. The molecule has 0 unspecified atom stereocenters. The number of aromatic nitrogens is 1. The molecule has 30 heavy (non-hydrogen) atoms. The molecule has 1 atom stereocenters. The number of amides is 1. The number of furan rings is 1. The van der Waals surface area contributed by atoms with Crippen molar-refractivity contribution in [1.29, 1.82) is 0 Å². The lowest BCUT2D eigenvalue weighted by atomic mass is 10.0. The normalized spacial score (nSPS) is 16.4. The summed E-state index contributed by atoms with van der Waals surface area (Å²) < 4.78 is 10.2. The van der Waals surface area contributed by atoms with Crippen molar-refractivity contribution < 1.29 is 28.6 Å². The van der Waals surface area contributed by atoms with E-state index in [1.807, 2.05) is 0 Å². The molecule has 4 rings (SSSR count). The number of aliphatic hydroxyl groups excluding tert-OH is 1. The Kier molecular flexibility index (Phi) is 5.27. The maximum absolute atomic E-state index is 13.0. The molecule has 0 radical (unpaired) electrons. The van der Waals surface area contributed by atoms with E-state index in [4.69, 9.17) is 9.15 Å². The van der Waals surface area contributed by atoms with Crippen LogP contribution in [0.5, 0.6) is 0 Å². The molecule has 8 nitrogen and oxygen atoms in total. The van der Waals surface area contributed by atoms with Crippen LogP contribution in [0.1, 0.15) is 43.8 Å². The summed E-state index contributed by atoms with van der Waals surface area (Å²) in [6, 6.07) is 5.67. The van der Waals surface area contributed by atoms with E-state index in [0.29, 0.717) is 10.6 Å². The first kappa shape index (κ1) is 20.0. The van der Waals surface area contributed by atoms with Crippen LogP contribution in [-0.4, -0.2) is 34.4 Å². The Morgan fingerprint density at radius 3 is 2.77 bits per heavy atom. The Morgan fingerprint density at radius 2 is 2.13 bits per heavy atom. The molecule has 1 N–H and O–H groups in total. The van der Waals surface area contributed by atoms with Gasteiger partial charge in [0.2, 0.25) is 5.78 Å². The van der Waals surface area contributed by atoms with Crippen LogP contribution in [0.2, 0.25) is 0 Å². The van der Waals surface area contributed by atoms with E-state index < -0.39 is 29.5 Å². The molecule has 1 aliphatic rings. The second-order valence-electron chi connectivity index (χ2n) is 6.29. The van der Waals surface area contributed by atoms with E-state index in [9.17, 15) is 19.5 Å². The van der Waals surface area contributed by atoms with Gasteiger partial charge in [0.05, 0.1) is 24.1 Å². The Bertz CT molecular complexity index is 1140. The fourth-order valence-corrected chi connectivity index (χ4v) is 4.97. The van der Waals surface area contributed by atoms with Gasteiger partial charge in [-0.05, 0) is 37.4 Å². The number of carbonyl (C=O) groups is 3. The number of carbonyl (C=O) groups excluding carboxylic acids is 3. The van der Waals surface area contributed by atoms with Gasteiger partial charge in [-0.25, -0.2) is 9.78 Å². The summed E-state index contributed by atoms with van der Waals surface area (Å²) in [6.07, 6.45) is 1.34. The van der Waals surface area contributed by atoms with Crippen LogP contribution in [-0.2, 0) is 9.53 Å². The van der Waals surface area contributed by atoms with Crippen LogP contribution in [0.3, 0.4) is 0 Å². The van der Waals surface area contributed by atoms with Crippen molar-refractivity contribution in [2.75, 3.05) is 11.5 Å². The minimum atomic E-state index is -0.893. The lowest BCUT2D eigenvalue weighted by molar-refractivity contribution is -0.117. The molecule has 1 amide bonds. The molecule has 3 aromatic heterocycles. The third-order valence-electron chi connectivity index (χ3n) is 4.46. The van der Waals surface area contributed by atoms with Crippen LogP contribution in [0.25, 0.3) is 0 Å². The van der Waals surface area contributed by atoms with Crippen LogP contribution >= 0.6 is 22.7 Å². The monoisotopic (exact) mass is 444 g/mol. The number of nitrogens with zero attached hydrogens (tertiary/aromatic N) is 2. The first-order chi connectivity index (χ1) is 14.4. The van der Waals surface area contributed by atoms with Gasteiger partial charge in [0.25, 0.3) is 5.91 Å². The molecule has 0 aliphatic carbocycles. The predicted octanol–water partition coefficient (Wildman–Crippen LogP) is 4.07. The molecule has 0 saturated carbocycles. The average molecular weight is 444 g/mol. The fraction of sp³-hybridized carbons (Fsp3) is 0.200. The SMILES string of the molecule is CCOC(=O)c1sc(N2C(=O)C(O)=C(C(=O)c3ccco3)[C@H]2c2cccs2)nc1C. The number of hydrogen-bond acceptors (Lipinski definition) is 9. The molecule has 4 heterocycles. The van der Waals surface area contributed by atoms with Crippen molar-refractivity contribution in [3.05, 3.63) is 68.4 Å². The Morgan fingerprint density at radius 1 is 1.33 bits per heavy atom. The highest BCUT2D eigenvalue weighted by atomic mass is 32.1. The van der Waals surface area contributed by atoms with Crippen molar-refractivity contribution >= 4 is 45.5 Å². The lowest BCUT2D eigenvalue weighted by Crippen LogP contribution is -2.30. The summed E-state index contributed by atoms with van der Waals surface area (Å²) in [5.41, 5.74) is 0.305. The van der Waals surface area contributed by atoms with Gasteiger partial charge in [-0.3, -0.25) is 14.5 Å². The number of esters is 1. The first-order valence-corrected chi connectivity index (χ1v) is 10.7. The van der Waals surface area contributed by atoms with E-state index in [1.54, 1.807) is 37.4 Å². The number of ketones is 1. The van der Waals surface area contributed by atoms with Crippen LogP contribution < -0.4 is 4.90 Å². The second kappa shape index (κ2) is 7.88. The molecular formula is C20H16N2O6S2. The van der Waals surface area contributed by atoms with Crippen molar-refractivity contribution in [3.8, 4) is 0 Å². The number of Topliss-reactive ketones (excluding diaryl/α,β-unsaturated/α-hetero) is 1. The number of anilines is 1. The molecule has 0 spiro atoms. The van der Waals surface area contributed by atoms with Crippen molar-refractivity contribution in [1.82, 2.24) is 4.98 Å². The van der Waals surface area contributed by atoms with E-state index in [-0.39, 0.29) is 27.9 Å². The number of thiophene rings is 1. The third kappa shape index (κ3) is 3.23. The maximum Gasteiger partial charge on any atom is 0.350 e. The van der Waals surface area contributed by atoms with Crippen molar-refractivity contribution in [2.24, 2.45) is 0 Å². The minimum Gasteiger partial charge on any atom is -0.503 e. The first-order valence-electron chi connectivity index (χ1n) is 8.96. The number of thiazole rings is 1. The van der Waals surface area contributed by atoms with E-state index in [2.05, 4.69) is 4.98 Å². The van der Waals surface area contributed by atoms with Gasteiger partial charge in [-0.2, -0.15) is 0 Å². The van der Waals surface area contributed by atoms with Crippen LogP contribution in [0, 0.1) is 6.92 Å². The zero-order valence-corrected chi connectivity index (χ0v) is 17.6. The Hall–Kier alpha value is -3.24. The third-order valence-corrected chi connectivity index (χ3v) is 6.52. The Labute approximate surface area is 179 Å². The number of aliphatic hydroxyl groups is 1. The van der Waals surface area contributed by atoms with Gasteiger partial charge >= 0.3 is 5.97 Å². The summed E-state index contributed by atoms with van der Waals surface area (Å²) >= 11 is 2.30. The van der Waals surface area contributed by atoms with E-state index in [1.165, 1.54) is 28.6 Å². The summed E-state index contributed by atoms with van der Waals surface area (Å²) in [6.45, 7) is 3.53. The highest BCUT2D eigenvalue weighted by molar-refractivity contribution is 7.17. The van der Waals surface area contributed by atoms with Gasteiger partial charge in [-0.1, -0.05) is 17.4 Å². The zero-order valence-electron chi connectivity index (χ0n) is 15.9. The Balaban J connectivity index is 1.81. The molecule has 0 fully saturated rings. The predicted molar refractivity (Wildman–Crippen MR) is 110 cm³/mol. The van der Waals surface area contributed by atoms with Gasteiger partial charge in [-0.15, -0.1) is 11.3 Å². The molecular weight excluding hydrogens is 428 g/mol. The quantitative estimate of drug-likeness (QED) is 0.451. The molecule has 10 heteroatoms. The summed E-state index contributed by atoms with van der Waals surface area (Å²) in [4.78, 5) is 44.7. The van der Waals surface area contributed by atoms with E-state index in [0.717, 1.165) is 11.3 Å². The van der Waals surface area contributed by atoms with E-state index >= 15 is 0 Å². The van der Waals surface area contributed by atoms with Crippen LogP contribution in [0.4, 0.5) is 5.13 Å². The molecule has 0 saturated heterocycles. The molecule has 154 valence electrons. The second-order valence-corrected chi connectivity index (χ2v) is 8.25. The molecule has 0 aromatic carbocycles. The van der Waals surface area contributed by atoms with Gasteiger partial charge in [0.15, 0.2) is 16.7 Å². The number of aryl methyl sites for hydroxylation is 1. The smallest absolute Gasteiger partial charge is 0.350 e. The van der Waals surface area contributed by atoms with Gasteiger partial charge < -0.3 is 14.3 Å². The van der Waals surface area contributed by atoms with Crippen molar-refractivity contribution in [2.45, 2.75) is 19.9 Å². The minimum absolute atomic E-state index is 0.00953. The topological polar surface area (TPSA) is 110 Å². The number of rotatable bonds is 6. The summed E-state index contributed by atoms with van der Waals surface area (Å²) in [7, 11) is 0. The van der Waals surface area contributed by atoms with Crippen LogP contribution in [0.15, 0.2) is 51.7 Å².